The first-order valence-corrected chi connectivity index (χ1v) is 8.55. The monoisotopic (exact) mass is 389 g/mol. The van der Waals surface area contributed by atoms with Gasteiger partial charge in [0.25, 0.3) is 0 Å². The Kier molecular flexibility index (Phi) is 7.25. The van der Waals surface area contributed by atoms with Crippen LogP contribution in [0.25, 0.3) is 0 Å². The van der Waals surface area contributed by atoms with Gasteiger partial charge in [-0.05, 0) is 74.1 Å². The normalized spacial score (nSPS) is 10.7. The van der Waals surface area contributed by atoms with Crippen LogP contribution in [0.3, 0.4) is 0 Å². The number of nitrogens with zero attached hydrogens (tertiary/aromatic N) is 1. The lowest BCUT2D eigenvalue weighted by Gasteiger charge is -2.10. The molecule has 0 atom stereocenters. The first kappa shape index (κ1) is 20.3. The molecule has 0 fully saturated rings. The summed E-state index contributed by atoms with van der Waals surface area (Å²) in [5, 5.41) is 7.46. The van der Waals surface area contributed by atoms with E-state index < -0.39 is 11.8 Å². The Hall–Kier alpha value is -3.00. The van der Waals surface area contributed by atoms with Gasteiger partial charge >= 0.3 is 5.97 Å². The van der Waals surface area contributed by atoms with Crippen molar-refractivity contribution < 1.29 is 18.7 Å². The molecule has 2 aromatic carbocycles. The molecule has 0 amide bonds. The number of halogens is 1. The third kappa shape index (κ3) is 6.34. The van der Waals surface area contributed by atoms with Crippen LogP contribution in [0.5, 0.6) is 11.5 Å². The maximum Gasteiger partial charge on any atom is 0.343 e. The second kappa shape index (κ2) is 9.63. The molecular formula is C19H20FN3O3S. The molecule has 8 heteroatoms. The molecule has 0 aliphatic rings. The number of methoxy groups -OCH3 is 1. The van der Waals surface area contributed by atoms with Crippen LogP contribution in [0.2, 0.25) is 0 Å². The molecule has 0 aliphatic heterocycles. The minimum absolute atomic E-state index is 0.204. The summed E-state index contributed by atoms with van der Waals surface area (Å²) in [6.07, 6.45) is 1.56. The van der Waals surface area contributed by atoms with Crippen molar-refractivity contribution in [2.24, 2.45) is 5.10 Å². The standard InChI is InChI=1S/C19H20FN3O3S/c1-12(2)22-19(27)23-21-11-13-4-9-16(17(10-13)25-3)26-18(24)14-5-7-15(20)8-6-14/h4-12H,1-3H3,(H2,22,23,27). The Balaban J connectivity index is 2.06. The molecule has 2 aromatic rings. The average molecular weight is 389 g/mol. The van der Waals surface area contributed by atoms with Crippen LogP contribution in [0, 0.1) is 5.82 Å². The summed E-state index contributed by atoms with van der Waals surface area (Å²) >= 11 is 5.08. The molecule has 0 saturated carbocycles. The molecule has 2 N–H and O–H groups in total. The van der Waals surface area contributed by atoms with Crippen LogP contribution < -0.4 is 20.2 Å². The van der Waals surface area contributed by atoms with Gasteiger partial charge in [0.1, 0.15) is 5.82 Å². The van der Waals surface area contributed by atoms with E-state index in [0.717, 1.165) is 0 Å². The zero-order chi connectivity index (χ0) is 19.8. The molecule has 6 nitrogen and oxygen atoms in total. The van der Waals surface area contributed by atoms with E-state index >= 15 is 0 Å². The number of benzene rings is 2. The lowest BCUT2D eigenvalue weighted by atomic mass is 10.2. The third-order valence-electron chi connectivity index (χ3n) is 3.27. The predicted octanol–water partition coefficient (Wildman–Crippen LogP) is 3.26. The predicted molar refractivity (Wildman–Crippen MR) is 106 cm³/mol. The highest BCUT2D eigenvalue weighted by Gasteiger charge is 2.13. The highest BCUT2D eigenvalue weighted by Crippen LogP contribution is 2.28. The molecule has 0 radical (unpaired) electrons. The maximum absolute atomic E-state index is 13.0. The summed E-state index contributed by atoms with van der Waals surface area (Å²) < 4.78 is 23.5. The van der Waals surface area contributed by atoms with Crippen LogP contribution >= 0.6 is 12.2 Å². The molecule has 27 heavy (non-hydrogen) atoms. The number of carbonyl (C=O) groups excluding carboxylic acids is 1. The number of nitrogens with one attached hydrogen (secondary N) is 2. The van der Waals surface area contributed by atoms with E-state index in [4.69, 9.17) is 21.7 Å². The zero-order valence-electron chi connectivity index (χ0n) is 15.2. The summed E-state index contributed by atoms with van der Waals surface area (Å²) in [7, 11) is 1.46. The van der Waals surface area contributed by atoms with E-state index in [-0.39, 0.29) is 17.4 Å². The Morgan fingerprint density at radius 3 is 2.52 bits per heavy atom. The van der Waals surface area contributed by atoms with Crippen molar-refractivity contribution in [3.05, 3.63) is 59.4 Å². The molecule has 0 heterocycles. The van der Waals surface area contributed by atoms with Crippen LogP contribution in [-0.2, 0) is 0 Å². The summed E-state index contributed by atoms with van der Waals surface area (Å²) in [5.74, 6) is -0.433. The third-order valence-corrected chi connectivity index (χ3v) is 3.48. The SMILES string of the molecule is COc1cc(C=NNC(=S)NC(C)C)ccc1OC(=O)c1ccc(F)cc1. The Morgan fingerprint density at radius 2 is 1.89 bits per heavy atom. The second-order valence-electron chi connectivity index (χ2n) is 5.80. The van der Waals surface area contributed by atoms with Gasteiger partial charge in [0.05, 0.1) is 18.9 Å². The van der Waals surface area contributed by atoms with E-state index in [2.05, 4.69) is 15.8 Å². The number of hydrazone groups is 1. The largest absolute Gasteiger partial charge is 0.493 e. The van der Waals surface area contributed by atoms with Gasteiger partial charge in [0.2, 0.25) is 0 Å². The fourth-order valence-corrected chi connectivity index (χ4v) is 2.34. The Labute approximate surface area is 162 Å². The van der Waals surface area contributed by atoms with Gasteiger partial charge in [-0.1, -0.05) is 0 Å². The van der Waals surface area contributed by atoms with Crippen LogP contribution in [-0.4, -0.2) is 30.4 Å². The first-order chi connectivity index (χ1) is 12.9. The van der Waals surface area contributed by atoms with Crippen LogP contribution in [0.4, 0.5) is 4.39 Å². The molecule has 0 saturated heterocycles. The van der Waals surface area contributed by atoms with Gasteiger partial charge < -0.3 is 14.8 Å². The second-order valence-corrected chi connectivity index (χ2v) is 6.21. The molecular weight excluding hydrogens is 369 g/mol. The first-order valence-electron chi connectivity index (χ1n) is 8.14. The van der Waals surface area contributed by atoms with Gasteiger partial charge in [0, 0.05) is 6.04 Å². The topological polar surface area (TPSA) is 71.9 Å². The van der Waals surface area contributed by atoms with Crippen molar-refractivity contribution in [1.82, 2.24) is 10.7 Å². The molecule has 0 bridgehead atoms. The summed E-state index contributed by atoms with van der Waals surface area (Å²) in [6, 6.07) is 10.3. The minimum Gasteiger partial charge on any atom is -0.493 e. The van der Waals surface area contributed by atoms with Crippen LogP contribution in [0.15, 0.2) is 47.6 Å². The van der Waals surface area contributed by atoms with E-state index in [0.29, 0.717) is 16.4 Å². The zero-order valence-corrected chi connectivity index (χ0v) is 16.0. The number of ether oxygens (including phenoxy) is 2. The molecule has 0 spiro atoms. The van der Waals surface area contributed by atoms with Crippen molar-refractivity contribution in [3.63, 3.8) is 0 Å². The van der Waals surface area contributed by atoms with Gasteiger partial charge in [-0.3, -0.25) is 5.43 Å². The lowest BCUT2D eigenvalue weighted by Crippen LogP contribution is -2.36. The number of hydrogen-bond donors (Lipinski definition) is 2. The fourth-order valence-electron chi connectivity index (χ4n) is 2.05. The minimum atomic E-state index is -0.610. The molecule has 2 rings (SSSR count). The number of rotatable bonds is 6. The fraction of sp³-hybridized carbons (Fsp3) is 0.211. The van der Waals surface area contributed by atoms with E-state index in [1.54, 1.807) is 24.4 Å². The number of esters is 1. The summed E-state index contributed by atoms with van der Waals surface area (Å²) in [5.41, 5.74) is 3.66. The highest BCUT2D eigenvalue weighted by molar-refractivity contribution is 7.80. The maximum atomic E-state index is 13.0. The highest BCUT2D eigenvalue weighted by atomic mass is 32.1. The number of hydrogen-bond acceptors (Lipinski definition) is 5. The van der Waals surface area contributed by atoms with Crippen molar-refractivity contribution in [2.75, 3.05) is 7.11 Å². The number of carbonyl (C=O) groups is 1. The average Bonchev–Trinajstić information content (AvgIpc) is 2.62. The van der Waals surface area contributed by atoms with Gasteiger partial charge in [-0.15, -0.1) is 0 Å². The molecule has 0 aliphatic carbocycles. The van der Waals surface area contributed by atoms with Gasteiger partial charge in [-0.25, -0.2) is 9.18 Å². The molecule has 0 aromatic heterocycles. The van der Waals surface area contributed by atoms with Crippen LogP contribution in [0.1, 0.15) is 29.8 Å². The van der Waals surface area contributed by atoms with Crippen molar-refractivity contribution in [1.29, 1.82) is 0 Å². The summed E-state index contributed by atoms with van der Waals surface area (Å²) in [6.45, 7) is 3.93. The van der Waals surface area contributed by atoms with Crippen molar-refractivity contribution in [2.45, 2.75) is 19.9 Å². The smallest absolute Gasteiger partial charge is 0.343 e. The Morgan fingerprint density at radius 1 is 1.19 bits per heavy atom. The Bertz CT molecular complexity index is 839. The van der Waals surface area contributed by atoms with E-state index in [9.17, 15) is 9.18 Å². The summed E-state index contributed by atoms with van der Waals surface area (Å²) in [4.78, 5) is 12.2. The van der Waals surface area contributed by atoms with Gasteiger partial charge in [-0.2, -0.15) is 5.10 Å². The van der Waals surface area contributed by atoms with E-state index in [1.807, 2.05) is 13.8 Å². The van der Waals surface area contributed by atoms with Gasteiger partial charge in [0.15, 0.2) is 16.6 Å². The molecule has 142 valence electrons. The van der Waals surface area contributed by atoms with E-state index in [1.165, 1.54) is 31.4 Å². The van der Waals surface area contributed by atoms with Crippen molar-refractivity contribution >= 4 is 29.5 Å². The molecule has 0 unspecified atom stereocenters. The van der Waals surface area contributed by atoms with Crippen molar-refractivity contribution in [3.8, 4) is 11.5 Å². The quantitative estimate of drug-likeness (QED) is 0.260. The lowest BCUT2D eigenvalue weighted by molar-refractivity contribution is 0.0729. The number of thiocarbonyl (C=S) groups is 1.